The second-order valence-electron chi connectivity index (χ2n) is 5.55. The highest BCUT2D eigenvalue weighted by Gasteiger charge is 2.28. The summed E-state index contributed by atoms with van der Waals surface area (Å²) in [6.07, 6.45) is 3.46. The van der Waals surface area contributed by atoms with Crippen LogP contribution >= 0.6 is 11.8 Å². The minimum atomic E-state index is -1.23. The van der Waals surface area contributed by atoms with Gasteiger partial charge in [0.1, 0.15) is 5.54 Å². The number of aliphatic carboxylic acids is 1. The molecule has 1 aliphatic rings. The molecule has 0 bridgehead atoms. The SMILES string of the molecule is CC(C)(NC(=O)CSc1ccc2c(c1)CCC2)C(=O)O. The Morgan fingerprint density at radius 1 is 1.30 bits per heavy atom. The Kier molecular flexibility index (Phi) is 4.38. The maximum Gasteiger partial charge on any atom is 0.328 e. The Morgan fingerprint density at radius 2 is 2.00 bits per heavy atom. The van der Waals surface area contributed by atoms with E-state index in [4.69, 9.17) is 5.11 Å². The Hall–Kier alpha value is -1.49. The maximum atomic E-state index is 11.8. The van der Waals surface area contributed by atoms with Gasteiger partial charge in [0.25, 0.3) is 0 Å². The maximum absolute atomic E-state index is 11.8. The molecule has 0 heterocycles. The van der Waals surface area contributed by atoms with E-state index in [1.165, 1.54) is 43.2 Å². The molecule has 0 atom stereocenters. The Bertz CT molecular complexity index is 540. The fourth-order valence-electron chi connectivity index (χ4n) is 2.22. The standard InChI is InChI=1S/C15H19NO3S/c1-15(2,14(18)19)16-13(17)9-20-12-7-6-10-4-3-5-11(10)8-12/h6-8H,3-5,9H2,1-2H3,(H,16,17)(H,18,19). The molecule has 1 amide bonds. The molecule has 5 heteroatoms. The first-order valence-corrected chi connectivity index (χ1v) is 7.66. The molecule has 1 aromatic carbocycles. The molecule has 0 aliphatic heterocycles. The minimum Gasteiger partial charge on any atom is -0.480 e. The topological polar surface area (TPSA) is 66.4 Å². The van der Waals surface area contributed by atoms with Crippen LogP contribution in [0.25, 0.3) is 0 Å². The first-order valence-electron chi connectivity index (χ1n) is 6.67. The zero-order valence-corrected chi connectivity index (χ0v) is 12.5. The second kappa shape index (κ2) is 5.87. The van der Waals surface area contributed by atoms with Gasteiger partial charge in [-0.2, -0.15) is 0 Å². The fraction of sp³-hybridized carbons (Fsp3) is 0.467. The van der Waals surface area contributed by atoms with Gasteiger partial charge in [0.2, 0.25) is 5.91 Å². The van der Waals surface area contributed by atoms with Gasteiger partial charge < -0.3 is 10.4 Å². The van der Waals surface area contributed by atoms with Crippen molar-refractivity contribution in [2.24, 2.45) is 0 Å². The van der Waals surface area contributed by atoms with Crippen LogP contribution < -0.4 is 5.32 Å². The summed E-state index contributed by atoms with van der Waals surface area (Å²) in [5.74, 6) is -1.06. The number of fused-ring (bicyclic) bond motifs is 1. The van der Waals surface area contributed by atoms with Crippen molar-refractivity contribution in [2.75, 3.05) is 5.75 Å². The smallest absolute Gasteiger partial charge is 0.328 e. The number of hydrogen-bond acceptors (Lipinski definition) is 3. The number of carboxylic acid groups (broad SMARTS) is 1. The Labute approximate surface area is 123 Å². The quantitative estimate of drug-likeness (QED) is 0.817. The van der Waals surface area contributed by atoms with Crippen LogP contribution in [0.1, 0.15) is 31.4 Å². The molecule has 0 saturated heterocycles. The molecule has 0 saturated carbocycles. The summed E-state index contributed by atoms with van der Waals surface area (Å²) >= 11 is 1.44. The molecule has 0 radical (unpaired) electrons. The van der Waals surface area contributed by atoms with E-state index in [-0.39, 0.29) is 11.7 Å². The normalized spacial score (nSPS) is 13.9. The molecular formula is C15H19NO3S. The van der Waals surface area contributed by atoms with Gasteiger partial charge in [-0.15, -0.1) is 11.8 Å². The molecule has 1 aromatic rings. The molecule has 1 aliphatic carbocycles. The molecule has 0 aromatic heterocycles. The number of benzene rings is 1. The number of carbonyl (C=O) groups is 2. The lowest BCUT2D eigenvalue weighted by Crippen LogP contribution is -2.50. The summed E-state index contributed by atoms with van der Waals surface area (Å²) in [7, 11) is 0. The number of carboxylic acids is 1. The van der Waals surface area contributed by atoms with Crippen molar-refractivity contribution in [1.29, 1.82) is 0 Å². The van der Waals surface area contributed by atoms with Crippen LogP contribution in [0.15, 0.2) is 23.1 Å². The van der Waals surface area contributed by atoms with Crippen LogP contribution in [0.2, 0.25) is 0 Å². The van der Waals surface area contributed by atoms with Crippen molar-refractivity contribution in [2.45, 2.75) is 43.5 Å². The first-order chi connectivity index (χ1) is 9.38. The molecule has 0 fully saturated rings. The summed E-state index contributed by atoms with van der Waals surface area (Å²) in [6.45, 7) is 2.96. The van der Waals surface area contributed by atoms with E-state index < -0.39 is 11.5 Å². The molecule has 108 valence electrons. The monoisotopic (exact) mass is 293 g/mol. The van der Waals surface area contributed by atoms with E-state index in [0.717, 1.165) is 17.7 Å². The van der Waals surface area contributed by atoms with Crippen molar-refractivity contribution in [3.63, 3.8) is 0 Å². The first kappa shape index (κ1) is 14.9. The molecule has 2 rings (SSSR count). The van der Waals surface area contributed by atoms with Crippen LogP contribution in [0.3, 0.4) is 0 Å². The summed E-state index contributed by atoms with van der Waals surface area (Å²) in [6, 6.07) is 6.30. The van der Waals surface area contributed by atoms with Crippen molar-refractivity contribution < 1.29 is 14.7 Å². The third-order valence-corrected chi connectivity index (χ3v) is 4.42. The van der Waals surface area contributed by atoms with Gasteiger partial charge in [0.15, 0.2) is 0 Å². The number of rotatable bonds is 5. The average molecular weight is 293 g/mol. The predicted molar refractivity (Wildman–Crippen MR) is 79.0 cm³/mol. The van der Waals surface area contributed by atoms with Gasteiger partial charge in [-0.1, -0.05) is 6.07 Å². The lowest BCUT2D eigenvalue weighted by atomic mass is 10.1. The lowest BCUT2D eigenvalue weighted by Gasteiger charge is -2.20. The van der Waals surface area contributed by atoms with Crippen LogP contribution in [0.5, 0.6) is 0 Å². The van der Waals surface area contributed by atoms with Gasteiger partial charge in [-0.05, 0) is 56.4 Å². The van der Waals surface area contributed by atoms with Crippen LogP contribution in [-0.4, -0.2) is 28.3 Å². The Balaban J connectivity index is 1.89. The average Bonchev–Trinajstić information content (AvgIpc) is 2.82. The molecule has 4 nitrogen and oxygen atoms in total. The zero-order chi connectivity index (χ0) is 14.8. The highest BCUT2D eigenvalue weighted by molar-refractivity contribution is 8.00. The van der Waals surface area contributed by atoms with Crippen molar-refractivity contribution in [3.05, 3.63) is 29.3 Å². The number of thioether (sulfide) groups is 1. The molecule has 0 spiro atoms. The van der Waals surface area contributed by atoms with Crippen molar-refractivity contribution >= 4 is 23.6 Å². The number of amides is 1. The van der Waals surface area contributed by atoms with E-state index in [1.54, 1.807) is 0 Å². The van der Waals surface area contributed by atoms with E-state index in [2.05, 4.69) is 17.4 Å². The summed E-state index contributed by atoms with van der Waals surface area (Å²) in [4.78, 5) is 23.8. The number of carbonyl (C=O) groups excluding carboxylic acids is 1. The lowest BCUT2D eigenvalue weighted by molar-refractivity contribution is -0.145. The minimum absolute atomic E-state index is 0.232. The summed E-state index contributed by atoms with van der Waals surface area (Å²) < 4.78 is 0. The summed E-state index contributed by atoms with van der Waals surface area (Å²) in [5, 5.41) is 11.5. The molecular weight excluding hydrogens is 274 g/mol. The second-order valence-corrected chi connectivity index (χ2v) is 6.60. The van der Waals surface area contributed by atoms with Crippen molar-refractivity contribution in [1.82, 2.24) is 5.32 Å². The van der Waals surface area contributed by atoms with Crippen LogP contribution in [0.4, 0.5) is 0 Å². The number of hydrogen-bond donors (Lipinski definition) is 2. The van der Waals surface area contributed by atoms with E-state index in [1.807, 2.05) is 6.07 Å². The van der Waals surface area contributed by atoms with Crippen LogP contribution in [0, 0.1) is 0 Å². The zero-order valence-electron chi connectivity index (χ0n) is 11.7. The molecule has 0 unspecified atom stereocenters. The van der Waals surface area contributed by atoms with Gasteiger partial charge in [-0.25, -0.2) is 4.79 Å². The van der Waals surface area contributed by atoms with Gasteiger partial charge in [-0.3, -0.25) is 4.79 Å². The number of nitrogens with one attached hydrogen (secondary N) is 1. The third-order valence-electron chi connectivity index (χ3n) is 3.43. The third kappa shape index (κ3) is 3.54. The van der Waals surface area contributed by atoms with E-state index in [9.17, 15) is 9.59 Å². The largest absolute Gasteiger partial charge is 0.480 e. The fourth-order valence-corrected chi connectivity index (χ4v) is 2.98. The van der Waals surface area contributed by atoms with Gasteiger partial charge in [0, 0.05) is 4.90 Å². The highest BCUT2D eigenvalue weighted by Crippen LogP contribution is 2.27. The van der Waals surface area contributed by atoms with Crippen LogP contribution in [-0.2, 0) is 22.4 Å². The molecule has 20 heavy (non-hydrogen) atoms. The Morgan fingerprint density at radius 3 is 2.70 bits per heavy atom. The van der Waals surface area contributed by atoms with E-state index in [0.29, 0.717) is 0 Å². The van der Waals surface area contributed by atoms with E-state index >= 15 is 0 Å². The predicted octanol–water partition coefficient (Wildman–Crippen LogP) is 2.25. The number of aryl methyl sites for hydroxylation is 2. The molecule has 2 N–H and O–H groups in total. The van der Waals surface area contributed by atoms with Gasteiger partial charge >= 0.3 is 5.97 Å². The highest BCUT2D eigenvalue weighted by atomic mass is 32.2. The van der Waals surface area contributed by atoms with Gasteiger partial charge in [0.05, 0.1) is 5.75 Å². The summed E-state index contributed by atoms with van der Waals surface area (Å²) in [5.41, 5.74) is 1.56. The van der Waals surface area contributed by atoms with Crippen molar-refractivity contribution in [3.8, 4) is 0 Å².